The summed E-state index contributed by atoms with van der Waals surface area (Å²) >= 11 is 1.11. The molecule has 1 aromatic heterocycles. The van der Waals surface area contributed by atoms with Crippen LogP contribution in [0.1, 0.15) is 16.8 Å². The van der Waals surface area contributed by atoms with Crippen molar-refractivity contribution in [2.75, 3.05) is 19.5 Å². The van der Waals surface area contributed by atoms with Crippen LogP contribution in [-0.4, -0.2) is 60.3 Å². The summed E-state index contributed by atoms with van der Waals surface area (Å²) in [6, 6.07) is 4.03. The molecule has 1 aliphatic heterocycles. The molecule has 1 unspecified atom stereocenters. The summed E-state index contributed by atoms with van der Waals surface area (Å²) in [5, 5.41) is 4.01. The lowest BCUT2D eigenvalue weighted by molar-refractivity contribution is 0.0266. The van der Waals surface area contributed by atoms with Crippen molar-refractivity contribution in [2.24, 2.45) is 7.05 Å². The molecule has 1 fully saturated rings. The van der Waals surface area contributed by atoms with Crippen LogP contribution in [0.3, 0.4) is 0 Å². The molecular weight excluding hydrogens is 424 g/mol. The summed E-state index contributed by atoms with van der Waals surface area (Å²) in [5.74, 6) is -0.853. The molecule has 0 radical (unpaired) electrons. The number of hydrogen-bond acceptors (Lipinski definition) is 9. The number of carbonyl (C=O) groups is 2. The average molecular weight is 442 g/mol. The highest BCUT2D eigenvalue weighted by molar-refractivity contribution is 7.98. The third-order valence-electron chi connectivity index (χ3n) is 4.10. The van der Waals surface area contributed by atoms with E-state index in [1.807, 2.05) is 0 Å². The Morgan fingerprint density at radius 1 is 1.34 bits per heavy atom. The standard InChI is InChI=1S/C16H18N4O7S2/c1-19-15(28-2)17-20(16(19)23)14(22)18-29(24,25)12-6-4-3-5-11(12)13(21)27-10-7-8-26-9-10/h3-6,10H,7-9H2,1-2H3,(H,18,22). The van der Waals surface area contributed by atoms with E-state index in [4.69, 9.17) is 9.47 Å². The molecule has 1 aliphatic rings. The highest BCUT2D eigenvalue weighted by Crippen LogP contribution is 2.19. The summed E-state index contributed by atoms with van der Waals surface area (Å²) in [6.07, 6.45) is 1.69. The quantitative estimate of drug-likeness (QED) is 0.508. The van der Waals surface area contributed by atoms with Gasteiger partial charge in [-0.3, -0.25) is 4.57 Å². The maximum atomic E-state index is 12.7. The van der Waals surface area contributed by atoms with E-state index in [2.05, 4.69) is 5.10 Å². The van der Waals surface area contributed by atoms with Gasteiger partial charge in [0.1, 0.15) is 11.0 Å². The Labute approximate surface area is 170 Å². The zero-order chi connectivity index (χ0) is 21.2. The van der Waals surface area contributed by atoms with Gasteiger partial charge >= 0.3 is 17.7 Å². The molecule has 0 bridgehead atoms. The molecule has 2 aromatic rings. The number of aromatic nitrogens is 3. The summed E-state index contributed by atoms with van der Waals surface area (Å²) in [6.45, 7) is 0.683. The SMILES string of the molecule is CSc1nn(C(=O)NS(=O)(=O)c2ccccc2C(=O)OC2CCOC2)c(=O)n1C. The van der Waals surface area contributed by atoms with Gasteiger partial charge < -0.3 is 9.47 Å². The summed E-state index contributed by atoms with van der Waals surface area (Å²) in [7, 11) is -3.09. The normalized spacial score (nSPS) is 16.6. The zero-order valence-electron chi connectivity index (χ0n) is 15.5. The maximum absolute atomic E-state index is 12.7. The molecule has 1 N–H and O–H groups in total. The fraction of sp³-hybridized carbons (Fsp3) is 0.375. The van der Waals surface area contributed by atoms with E-state index in [9.17, 15) is 22.8 Å². The largest absolute Gasteiger partial charge is 0.456 e. The van der Waals surface area contributed by atoms with E-state index in [1.165, 1.54) is 25.2 Å². The van der Waals surface area contributed by atoms with E-state index < -0.39 is 38.7 Å². The first kappa shape index (κ1) is 21.1. The fourth-order valence-electron chi connectivity index (χ4n) is 2.63. The van der Waals surface area contributed by atoms with Crippen LogP contribution in [0.4, 0.5) is 4.79 Å². The fourth-order valence-corrected chi connectivity index (χ4v) is 4.27. The van der Waals surface area contributed by atoms with Crippen molar-refractivity contribution < 1.29 is 27.5 Å². The van der Waals surface area contributed by atoms with Gasteiger partial charge in [-0.05, 0) is 18.4 Å². The van der Waals surface area contributed by atoms with Crippen LogP contribution in [0.2, 0.25) is 0 Å². The van der Waals surface area contributed by atoms with Crippen LogP contribution in [0.15, 0.2) is 39.1 Å². The number of rotatable bonds is 5. The first-order valence-corrected chi connectivity index (χ1v) is 11.1. The third kappa shape index (κ3) is 4.36. The van der Waals surface area contributed by atoms with Gasteiger partial charge in [-0.2, -0.15) is 0 Å². The molecule has 0 saturated carbocycles. The molecule has 156 valence electrons. The minimum Gasteiger partial charge on any atom is -0.456 e. The molecule has 1 saturated heterocycles. The Morgan fingerprint density at radius 2 is 2.07 bits per heavy atom. The predicted octanol–water partition coefficient (Wildman–Crippen LogP) is 0.196. The molecular formula is C16H18N4O7S2. The second-order valence-electron chi connectivity index (χ2n) is 6.04. The van der Waals surface area contributed by atoms with Crippen molar-refractivity contribution in [3.63, 3.8) is 0 Å². The van der Waals surface area contributed by atoms with E-state index in [1.54, 1.807) is 11.0 Å². The van der Waals surface area contributed by atoms with Gasteiger partial charge in [0.2, 0.25) is 0 Å². The number of ether oxygens (including phenoxy) is 2. The molecule has 29 heavy (non-hydrogen) atoms. The van der Waals surface area contributed by atoms with Gasteiger partial charge in [0.25, 0.3) is 10.0 Å². The minimum atomic E-state index is -4.49. The van der Waals surface area contributed by atoms with Crippen LogP contribution in [0.25, 0.3) is 0 Å². The van der Waals surface area contributed by atoms with Crippen LogP contribution in [-0.2, 0) is 26.5 Å². The Bertz CT molecular complexity index is 1100. The minimum absolute atomic E-state index is 0.227. The van der Waals surface area contributed by atoms with Crippen molar-refractivity contribution >= 4 is 33.8 Å². The molecule has 13 heteroatoms. The van der Waals surface area contributed by atoms with E-state index in [0.29, 0.717) is 17.7 Å². The first-order valence-electron chi connectivity index (χ1n) is 8.39. The molecule has 2 heterocycles. The number of thioether (sulfide) groups is 1. The lowest BCUT2D eigenvalue weighted by atomic mass is 10.2. The van der Waals surface area contributed by atoms with E-state index in [-0.39, 0.29) is 17.3 Å². The Morgan fingerprint density at radius 3 is 2.69 bits per heavy atom. The smallest absolute Gasteiger partial charge is 0.360 e. The zero-order valence-corrected chi connectivity index (χ0v) is 17.2. The van der Waals surface area contributed by atoms with Gasteiger partial charge in [0, 0.05) is 13.5 Å². The van der Waals surface area contributed by atoms with Crippen LogP contribution in [0.5, 0.6) is 0 Å². The van der Waals surface area contributed by atoms with Crippen molar-refractivity contribution in [1.82, 2.24) is 19.1 Å². The Hall–Kier alpha value is -2.64. The topological polar surface area (TPSA) is 139 Å². The number of nitrogens with one attached hydrogen (secondary N) is 1. The van der Waals surface area contributed by atoms with Crippen molar-refractivity contribution in [1.29, 1.82) is 0 Å². The lowest BCUT2D eigenvalue weighted by Gasteiger charge is -2.13. The number of hydrogen-bond donors (Lipinski definition) is 1. The van der Waals surface area contributed by atoms with Crippen LogP contribution in [0, 0.1) is 0 Å². The van der Waals surface area contributed by atoms with Gasteiger partial charge in [-0.1, -0.05) is 23.9 Å². The highest BCUT2D eigenvalue weighted by Gasteiger charge is 2.29. The number of amides is 1. The molecule has 11 nitrogen and oxygen atoms in total. The number of nitrogens with zero attached hydrogens (tertiary/aromatic N) is 3. The molecule has 1 atom stereocenters. The highest BCUT2D eigenvalue weighted by atomic mass is 32.2. The van der Waals surface area contributed by atoms with Crippen molar-refractivity contribution in [3.8, 4) is 0 Å². The van der Waals surface area contributed by atoms with Gasteiger partial charge in [0.05, 0.1) is 18.8 Å². The van der Waals surface area contributed by atoms with Crippen molar-refractivity contribution in [3.05, 3.63) is 40.3 Å². The monoisotopic (exact) mass is 442 g/mol. The second-order valence-corrected chi connectivity index (χ2v) is 8.46. The second kappa shape index (κ2) is 8.39. The van der Waals surface area contributed by atoms with E-state index in [0.717, 1.165) is 22.4 Å². The molecule has 0 spiro atoms. The molecule has 1 amide bonds. The van der Waals surface area contributed by atoms with E-state index >= 15 is 0 Å². The summed E-state index contributed by atoms with van der Waals surface area (Å²) < 4.78 is 39.1. The van der Waals surface area contributed by atoms with Gasteiger partial charge in [0.15, 0.2) is 5.16 Å². The Balaban J connectivity index is 1.87. The van der Waals surface area contributed by atoms with Gasteiger partial charge in [-0.25, -0.2) is 27.5 Å². The molecule has 3 rings (SSSR count). The third-order valence-corrected chi connectivity index (χ3v) is 6.19. The average Bonchev–Trinajstić information content (AvgIpc) is 3.30. The van der Waals surface area contributed by atoms with Crippen molar-refractivity contribution in [2.45, 2.75) is 22.6 Å². The lowest BCUT2D eigenvalue weighted by Crippen LogP contribution is -2.40. The van der Waals surface area contributed by atoms with Gasteiger partial charge in [-0.15, -0.1) is 9.78 Å². The first-order chi connectivity index (χ1) is 13.7. The van der Waals surface area contributed by atoms with Crippen LogP contribution >= 0.6 is 11.8 Å². The van der Waals surface area contributed by atoms with Crippen LogP contribution < -0.4 is 10.4 Å². The maximum Gasteiger partial charge on any atom is 0.360 e. The number of sulfonamides is 1. The number of benzene rings is 1. The Kier molecular flexibility index (Phi) is 6.10. The number of esters is 1. The summed E-state index contributed by atoms with van der Waals surface area (Å²) in [4.78, 5) is 36.4. The predicted molar refractivity (Wildman–Crippen MR) is 101 cm³/mol. The molecule has 1 aromatic carbocycles. The molecule has 0 aliphatic carbocycles. The summed E-state index contributed by atoms with van der Waals surface area (Å²) in [5.41, 5.74) is -1.05. The number of carbonyl (C=O) groups excluding carboxylic acids is 2.